The van der Waals surface area contributed by atoms with E-state index in [1.807, 2.05) is 5.32 Å². The first-order valence-electron chi connectivity index (χ1n) is 4.19. The van der Waals surface area contributed by atoms with Gasteiger partial charge in [-0.3, -0.25) is 4.79 Å². The minimum atomic E-state index is -4.65. The molecule has 1 aromatic carbocycles. The number of amides is 1. The van der Waals surface area contributed by atoms with Crippen LogP contribution in [0.1, 0.15) is 5.56 Å². The molecule has 0 saturated carbocycles. The molecule has 1 aromatic rings. The van der Waals surface area contributed by atoms with Crippen LogP contribution in [0.4, 0.5) is 18.9 Å². The molecule has 0 fully saturated rings. The number of oxime groups is 1. The summed E-state index contributed by atoms with van der Waals surface area (Å²) in [5.41, 5.74) is -1.54. The first-order chi connectivity index (χ1) is 7.84. The van der Waals surface area contributed by atoms with E-state index in [1.165, 1.54) is 6.07 Å². The van der Waals surface area contributed by atoms with Gasteiger partial charge in [-0.2, -0.15) is 13.2 Å². The van der Waals surface area contributed by atoms with Crippen molar-refractivity contribution in [1.29, 1.82) is 0 Å². The van der Waals surface area contributed by atoms with E-state index in [1.54, 1.807) is 0 Å². The van der Waals surface area contributed by atoms with Crippen molar-refractivity contribution in [2.45, 2.75) is 6.18 Å². The predicted octanol–water partition coefficient (Wildman–Crippen LogP) is 2.76. The van der Waals surface area contributed by atoms with Crippen LogP contribution < -0.4 is 5.32 Å². The zero-order valence-corrected chi connectivity index (χ0v) is 8.88. The molecule has 0 bridgehead atoms. The van der Waals surface area contributed by atoms with Gasteiger partial charge in [0.25, 0.3) is 5.91 Å². The largest absolute Gasteiger partial charge is 0.418 e. The number of anilines is 1. The van der Waals surface area contributed by atoms with Gasteiger partial charge in [-0.1, -0.05) is 16.8 Å². The van der Waals surface area contributed by atoms with Crippen LogP contribution in [0.5, 0.6) is 0 Å². The highest BCUT2D eigenvalue weighted by Crippen LogP contribution is 2.36. The Balaban J connectivity index is 3.11. The Bertz CT molecular complexity index is 460. The van der Waals surface area contributed by atoms with Crippen LogP contribution in [0.25, 0.3) is 0 Å². The molecule has 0 aliphatic carbocycles. The Kier molecular flexibility index (Phi) is 3.95. The van der Waals surface area contributed by atoms with E-state index in [2.05, 4.69) is 5.16 Å². The molecule has 0 atom stereocenters. The lowest BCUT2D eigenvalue weighted by Crippen LogP contribution is -2.17. The van der Waals surface area contributed by atoms with Gasteiger partial charge in [0.15, 0.2) is 0 Å². The Morgan fingerprint density at radius 3 is 2.65 bits per heavy atom. The van der Waals surface area contributed by atoms with Crippen molar-refractivity contribution in [1.82, 2.24) is 0 Å². The summed E-state index contributed by atoms with van der Waals surface area (Å²) < 4.78 is 37.7. The molecule has 0 unspecified atom stereocenters. The molecule has 0 aliphatic rings. The summed E-state index contributed by atoms with van der Waals surface area (Å²) in [4.78, 5) is 11.0. The number of hydrogen-bond donors (Lipinski definition) is 2. The SMILES string of the molecule is O=C(/C=N\O)Nc1ccc(Cl)cc1C(F)(F)F. The topological polar surface area (TPSA) is 61.7 Å². The van der Waals surface area contributed by atoms with Gasteiger partial charge in [0.2, 0.25) is 0 Å². The first-order valence-corrected chi connectivity index (χ1v) is 4.57. The van der Waals surface area contributed by atoms with E-state index in [0.29, 0.717) is 12.3 Å². The van der Waals surface area contributed by atoms with Crippen molar-refractivity contribution in [3.63, 3.8) is 0 Å². The lowest BCUT2D eigenvalue weighted by Gasteiger charge is -2.12. The number of hydrogen-bond acceptors (Lipinski definition) is 3. The molecule has 0 spiro atoms. The molecule has 0 heterocycles. The Labute approximate surface area is 98.7 Å². The predicted molar refractivity (Wildman–Crippen MR) is 55.4 cm³/mol. The van der Waals surface area contributed by atoms with Crippen molar-refractivity contribution in [3.05, 3.63) is 28.8 Å². The average molecular weight is 267 g/mol. The smallest absolute Gasteiger partial charge is 0.411 e. The van der Waals surface area contributed by atoms with Crippen LogP contribution in [0.2, 0.25) is 5.02 Å². The highest BCUT2D eigenvalue weighted by molar-refractivity contribution is 6.32. The summed E-state index contributed by atoms with van der Waals surface area (Å²) in [6, 6.07) is 2.89. The summed E-state index contributed by atoms with van der Waals surface area (Å²) in [6.07, 6.45) is -4.21. The lowest BCUT2D eigenvalue weighted by atomic mass is 10.1. The van der Waals surface area contributed by atoms with Crippen LogP contribution >= 0.6 is 11.6 Å². The summed E-state index contributed by atoms with van der Waals surface area (Å²) in [7, 11) is 0. The number of carbonyl (C=O) groups excluding carboxylic acids is 1. The summed E-state index contributed by atoms with van der Waals surface area (Å²) >= 11 is 5.44. The minimum Gasteiger partial charge on any atom is -0.411 e. The van der Waals surface area contributed by atoms with Gasteiger partial charge >= 0.3 is 6.18 Å². The first kappa shape index (κ1) is 13.3. The highest BCUT2D eigenvalue weighted by Gasteiger charge is 2.34. The van der Waals surface area contributed by atoms with Gasteiger partial charge in [0.1, 0.15) is 6.21 Å². The van der Waals surface area contributed by atoms with Gasteiger partial charge in [-0.25, -0.2) is 0 Å². The molecule has 1 rings (SSSR count). The molecule has 0 aliphatic heterocycles. The maximum absolute atomic E-state index is 12.6. The van der Waals surface area contributed by atoms with Gasteiger partial charge in [-0.15, -0.1) is 0 Å². The van der Waals surface area contributed by atoms with E-state index >= 15 is 0 Å². The normalized spacial score (nSPS) is 11.8. The number of alkyl halides is 3. The van der Waals surface area contributed by atoms with Crippen LogP contribution in [0.15, 0.2) is 23.4 Å². The van der Waals surface area contributed by atoms with Crippen LogP contribution in [-0.2, 0) is 11.0 Å². The number of rotatable bonds is 2. The van der Waals surface area contributed by atoms with Gasteiger partial charge in [0.05, 0.1) is 11.3 Å². The second-order valence-corrected chi connectivity index (χ2v) is 3.36. The van der Waals surface area contributed by atoms with E-state index < -0.39 is 23.3 Å². The fourth-order valence-electron chi connectivity index (χ4n) is 1.08. The molecule has 92 valence electrons. The number of halogens is 4. The van der Waals surface area contributed by atoms with Crippen LogP contribution in [0.3, 0.4) is 0 Å². The molecule has 0 aromatic heterocycles. The fraction of sp³-hybridized carbons (Fsp3) is 0.111. The standard InChI is InChI=1S/C9H6ClF3N2O2/c10-5-1-2-7(15-8(16)4-14-17)6(3-5)9(11,12)13/h1-4,17H,(H,15,16)/b14-4-. The summed E-state index contributed by atoms with van der Waals surface area (Å²) in [6.45, 7) is 0. The Morgan fingerprint density at radius 1 is 1.47 bits per heavy atom. The van der Waals surface area contributed by atoms with Gasteiger partial charge in [0, 0.05) is 5.02 Å². The van der Waals surface area contributed by atoms with Crippen molar-refractivity contribution >= 4 is 29.4 Å². The van der Waals surface area contributed by atoms with Crippen molar-refractivity contribution in [2.75, 3.05) is 5.32 Å². The maximum Gasteiger partial charge on any atom is 0.418 e. The molecule has 0 saturated heterocycles. The van der Waals surface area contributed by atoms with Crippen molar-refractivity contribution in [3.8, 4) is 0 Å². The van der Waals surface area contributed by atoms with E-state index in [9.17, 15) is 18.0 Å². The fourth-order valence-corrected chi connectivity index (χ4v) is 1.25. The van der Waals surface area contributed by atoms with Crippen LogP contribution in [-0.4, -0.2) is 17.3 Å². The quantitative estimate of drug-likeness (QED) is 0.491. The van der Waals surface area contributed by atoms with Crippen molar-refractivity contribution < 1.29 is 23.2 Å². The Hall–Kier alpha value is -1.76. The molecule has 1 amide bonds. The molecular weight excluding hydrogens is 261 g/mol. The highest BCUT2D eigenvalue weighted by atomic mass is 35.5. The maximum atomic E-state index is 12.6. The average Bonchev–Trinajstić information content (AvgIpc) is 2.19. The third kappa shape index (κ3) is 3.63. The summed E-state index contributed by atoms with van der Waals surface area (Å²) in [5, 5.41) is 12.3. The molecule has 4 nitrogen and oxygen atoms in total. The van der Waals surface area contributed by atoms with Gasteiger partial charge < -0.3 is 10.5 Å². The zero-order valence-electron chi connectivity index (χ0n) is 8.12. The number of carbonyl (C=O) groups is 1. The minimum absolute atomic E-state index is 0.105. The Morgan fingerprint density at radius 2 is 2.12 bits per heavy atom. The number of nitrogens with zero attached hydrogens (tertiary/aromatic N) is 1. The van der Waals surface area contributed by atoms with E-state index in [4.69, 9.17) is 16.8 Å². The van der Waals surface area contributed by atoms with Gasteiger partial charge in [-0.05, 0) is 18.2 Å². The molecule has 8 heteroatoms. The zero-order chi connectivity index (χ0) is 13.1. The summed E-state index contributed by atoms with van der Waals surface area (Å²) in [5.74, 6) is -0.986. The molecule has 0 radical (unpaired) electrons. The lowest BCUT2D eigenvalue weighted by molar-refractivity contribution is -0.136. The number of nitrogens with one attached hydrogen (secondary N) is 1. The van der Waals surface area contributed by atoms with Crippen LogP contribution in [0, 0.1) is 0 Å². The monoisotopic (exact) mass is 266 g/mol. The molecule has 2 N–H and O–H groups in total. The second kappa shape index (κ2) is 5.05. The third-order valence-corrected chi connectivity index (χ3v) is 1.95. The third-order valence-electron chi connectivity index (χ3n) is 1.72. The molecular formula is C9H6ClF3N2O2. The van der Waals surface area contributed by atoms with E-state index in [-0.39, 0.29) is 5.02 Å². The van der Waals surface area contributed by atoms with Crippen molar-refractivity contribution in [2.24, 2.45) is 5.16 Å². The number of benzene rings is 1. The molecule has 17 heavy (non-hydrogen) atoms. The second-order valence-electron chi connectivity index (χ2n) is 2.92. The van der Waals surface area contributed by atoms with E-state index in [0.717, 1.165) is 6.07 Å².